The van der Waals surface area contributed by atoms with E-state index >= 15 is 0 Å². The Morgan fingerprint density at radius 2 is 2.07 bits per heavy atom. The third-order valence-corrected chi connectivity index (χ3v) is 2.23. The van der Waals surface area contributed by atoms with Gasteiger partial charge in [0.2, 0.25) is 0 Å². The van der Waals surface area contributed by atoms with Crippen molar-refractivity contribution >= 4 is 0 Å². The van der Waals surface area contributed by atoms with Crippen LogP contribution in [-0.2, 0) is 6.54 Å². The van der Waals surface area contributed by atoms with E-state index in [0.29, 0.717) is 0 Å². The van der Waals surface area contributed by atoms with Gasteiger partial charge in [0.05, 0.1) is 7.11 Å². The van der Waals surface area contributed by atoms with E-state index < -0.39 is 0 Å². The number of para-hydroxylation sites is 1. The molecule has 84 valence electrons. The van der Waals surface area contributed by atoms with E-state index in [4.69, 9.17) is 10.5 Å². The number of nitrogens with two attached hydrogens (primary N) is 1. The van der Waals surface area contributed by atoms with Gasteiger partial charge in [-0.2, -0.15) is 0 Å². The minimum absolute atomic E-state index is 0.199. The van der Waals surface area contributed by atoms with E-state index in [0.717, 1.165) is 18.8 Å². The smallest absolute Gasteiger partial charge is 0.123 e. The average Bonchev–Trinajstić information content (AvgIpc) is 2.17. The first-order valence-electron chi connectivity index (χ1n) is 5.19. The second-order valence-electron chi connectivity index (χ2n) is 3.99. The molecule has 1 rings (SSSR count). The highest BCUT2D eigenvalue weighted by Gasteiger charge is 2.06. The number of hydrogen-bond donors (Lipinski definition) is 1. The maximum absolute atomic E-state index is 5.74. The van der Waals surface area contributed by atoms with Gasteiger partial charge in [0.15, 0.2) is 0 Å². The summed E-state index contributed by atoms with van der Waals surface area (Å²) in [5, 5.41) is 0. The molecule has 0 fully saturated rings. The van der Waals surface area contributed by atoms with Crippen molar-refractivity contribution in [3.8, 4) is 5.75 Å². The van der Waals surface area contributed by atoms with E-state index in [1.807, 2.05) is 25.1 Å². The summed E-state index contributed by atoms with van der Waals surface area (Å²) in [5.74, 6) is 0.939. The summed E-state index contributed by atoms with van der Waals surface area (Å²) in [6, 6.07) is 8.27. The Bertz CT molecular complexity index is 299. The van der Waals surface area contributed by atoms with Gasteiger partial charge in [-0.05, 0) is 20.0 Å². The first-order valence-corrected chi connectivity index (χ1v) is 5.19. The summed E-state index contributed by atoms with van der Waals surface area (Å²) in [5.41, 5.74) is 6.94. The Morgan fingerprint density at radius 1 is 1.40 bits per heavy atom. The van der Waals surface area contributed by atoms with Crippen LogP contribution in [0.4, 0.5) is 0 Å². The predicted molar refractivity (Wildman–Crippen MR) is 63.0 cm³/mol. The van der Waals surface area contributed by atoms with Crippen molar-refractivity contribution in [1.82, 2.24) is 4.90 Å². The molecular weight excluding hydrogens is 188 g/mol. The molecule has 0 radical (unpaired) electrons. The maximum atomic E-state index is 5.74. The van der Waals surface area contributed by atoms with Gasteiger partial charge in [0, 0.05) is 24.7 Å². The molecule has 0 spiro atoms. The summed E-state index contributed by atoms with van der Waals surface area (Å²) in [6.07, 6.45) is 0. The molecule has 3 nitrogen and oxygen atoms in total. The van der Waals surface area contributed by atoms with Crippen LogP contribution in [0.1, 0.15) is 12.5 Å². The molecular formula is C12H20N2O. The van der Waals surface area contributed by atoms with Crippen LogP contribution in [0.3, 0.4) is 0 Å². The summed E-state index contributed by atoms with van der Waals surface area (Å²) >= 11 is 0. The normalized spacial score (nSPS) is 12.9. The van der Waals surface area contributed by atoms with Crippen molar-refractivity contribution in [3.63, 3.8) is 0 Å². The standard InChI is InChI=1S/C12H20N2O/c1-10(13)8-14(2)9-11-6-4-5-7-12(11)15-3/h4-7,10H,8-9,13H2,1-3H3. The molecule has 1 aromatic carbocycles. The maximum Gasteiger partial charge on any atom is 0.123 e. The number of benzene rings is 1. The Balaban J connectivity index is 2.63. The minimum atomic E-state index is 0.199. The molecule has 0 heterocycles. The van der Waals surface area contributed by atoms with Crippen molar-refractivity contribution in [3.05, 3.63) is 29.8 Å². The Labute approximate surface area is 91.8 Å². The van der Waals surface area contributed by atoms with E-state index in [1.165, 1.54) is 5.56 Å². The van der Waals surface area contributed by atoms with Crippen LogP contribution in [-0.4, -0.2) is 31.6 Å². The van der Waals surface area contributed by atoms with Crippen molar-refractivity contribution in [2.24, 2.45) is 5.73 Å². The quantitative estimate of drug-likeness (QED) is 0.796. The zero-order valence-electron chi connectivity index (χ0n) is 9.73. The fourth-order valence-corrected chi connectivity index (χ4v) is 1.68. The highest BCUT2D eigenvalue weighted by molar-refractivity contribution is 5.32. The lowest BCUT2D eigenvalue weighted by Gasteiger charge is -2.20. The fraction of sp³-hybridized carbons (Fsp3) is 0.500. The third-order valence-electron chi connectivity index (χ3n) is 2.23. The lowest BCUT2D eigenvalue weighted by molar-refractivity contribution is 0.302. The molecule has 0 saturated heterocycles. The zero-order chi connectivity index (χ0) is 11.3. The SMILES string of the molecule is COc1ccccc1CN(C)CC(C)N. The molecule has 0 bridgehead atoms. The molecule has 0 aliphatic rings. The highest BCUT2D eigenvalue weighted by Crippen LogP contribution is 2.18. The number of rotatable bonds is 5. The molecule has 0 aromatic heterocycles. The zero-order valence-corrected chi connectivity index (χ0v) is 9.73. The van der Waals surface area contributed by atoms with Crippen molar-refractivity contribution in [2.75, 3.05) is 20.7 Å². The van der Waals surface area contributed by atoms with Gasteiger partial charge in [0.1, 0.15) is 5.75 Å². The second-order valence-corrected chi connectivity index (χ2v) is 3.99. The largest absolute Gasteiger partial charge is 0.496 e. The van der Waals surface area contributed by atoms with Crippen LogP contribution in [0.15, 0.2) is 24.3 Å². The first-order chi connectivity index (χ1) is 7.13. The molecule has 1 unspecified atom stereocenters. The second kappa shape index (κ2) is 5.73. The Morgan fingerprint density at radius 3 is 2.67 bits per heavy atom. The number of likely N-dealkylation sites (N-methyl/N-ethyl adjacent to an activating group) is 1. The van der Waals surface area contributed by atoms with E-state index in [2.05, 4.69) is 18.0 Å². The van der Waals surface area contributed by atoms with Crippen LogP contribution in [0.5, 0.6) is 5.75 Å². The third kappa shape index (κ3) is 3.90. The molecule has 0 saturated carbocycles. The number of ether oxygens (including phenoxy) is 1. The van der Waals surface area contributed by atoms with Crippen molar-refractivity contribution < 1.29 is 4.74 Å². The van der Waals surface area contributed by atoms with Crippen LogP contribution in [0.25, 0.3) is 0 Å². The van der Waals surface area contributed by atoms with Gasteiger partial charge >= 0.3 is 0 Å². The van der Waals surface area contributed by atoms with E-state index in [9.17, 15) is 0 Å². The summed E-state index contributed by atoms with van der Waals surface area (Å²) in [7, 11) is 3.76. The lowest BCUT2D eigenvalue weighted by atomic mass is 10.2. The molecule has 1 aromatic rings. The minimum Gasteiger partial charge on any atom is -0.496 e. The first kappa shape index (κ1) is 12.0. The molecule has 15 heavy (non-hydrogen) atoms. The summed E-state index contributed by atoms with van der Waals surface area (Å²) in [4.78, 5) is 2.20. The van der Waals surface area contributed by atoms with Crippen LogP contribution >= 0.6 is 0 Å². The van der Waals surface area contributed by atoms with E-state index in [-0.39, 0.29) is 6.04 Å². The number of hydrogen-bond acceptors (Lipinski definition) is 3. The molecule has 0 amide bonds. The predicted octanol–water partition coefficient (Wildman–Crippen LogP) is 1.47. The molecule has 1 atom stereocenters. The topological polar surface area (TPSA) is 38.5 Å². The molecule has 3 heteroatoms. The average molecular weight is 208 g/mol. The monoisotopic (exact) mass is 208 g/mol. The van der Waals surface area contributed by atoms with Gasteiger partial charge in [-0.15, -0.1) is 0 Å². The van der Waals surface area contributed by atoms with E-state index in [1.54, 1.807) is 7.11 Å². The van der Waals surface area contributed by atoms with Gasteiger partial charge in [0.25, 0.3) is 0 Å². The number of methoxy groups -OCH3 is 1. The fourth-order valence-electron chi connectivity index (χ4n) is 1.68. The van der Waals surface area contributed by atoms with Gasteiger partial charge < -0.3 is 15.4 Å². The Hall–Kier alpha value is -1.06. The molecule has 0 aliphatic heterocycles. The van der Waals surface area contributed by atoms with Gasteiger partial charge in [-0.25, -0.2) is 0 Å². The van der Waals surface area contributed by atoms with Crippen LogP contribution < -0.4 is 10.5 Å². The molecule has 2 N–H and O–H groups in total. The summed E-state index contributed by atoms with van der Waals surface area (Å²) < 4.78 is 5.29. The highest BCUT2D eigenvalue weighted by atomic mass is 16.5. The van der Waals surface area contributed by atoms with Crippen LogP contribution in [0.2, 0.25) is 0 Å². The summed E-state index contributed by atoms with van der Waals surface area (Å²) in [6.45, 7) is 3.77. The number of nitrogens with zero attached hydrogens (tertiary/aromatic N) is 1. The lowest BCUT2D eigenvalue weighted by Crippen LogP contribution is -2.32. The molecule has 0 aliphatic carbocycles. The van der Waals surface area contributed by atoms with Crippen molar-refractivity contribution in [2.45, 2.75) is 19.5 Å². The van der Waals surface area contributed by atoms with Gasteiger partial charge in [-0.1, -0.05) is 18.2 Å². The van der Waals surface area contributed by atoms with Gasteiger partial charge in [-0.3, -0.25) is 0 Å². The van der Waals surface area contributed by atoms with Crippen molar-refractivity contribution in [1.29, 1.82) is 0 Å². The van der Waals surface area contributed by atoms with Crippen LogP contribution in [0, 0.1) is 0 Å². The Kier molecular flexibility index (Phi) is 4.59.